The average Bonchev–Trinajstić information content (AvgIpc) is 3.49. The molecule has 4 nitrogen and oxygen atoms in total. The van der Waals surface area contributed by atoms with E-state index in [1.165, 1.54) is 0 Å². The predicted molar refractivity (Wildman–Crippen MR) is 184 cm³/mol. The molecular formula is C41H25N3O. The molecule has 0 aliphatic carbocycles. The van der Waals surface area contributed by atoms with Gasteiger partial charge < -0.3 is 4.42 Å². The third-order valence-corrected chi connectivity index (χ3v) is 8.51. The third kappa shape index (κ3) is 4.27. The van der Waals surface area contributed by atoms with E-state index in [-0.39, 0.29) is 0 Å². The van der Waals surface area contributed by atoms with Crippen LogP contribution in [0.2, 0.25) is 0 Å². The van der Waals surface area contributed by atoms with Crippen molar-refractivity contribution in [1.82, 2.24) is 15.0 Å². The molecule has 4 heteroatoms. The van der Waals surface area contributed by atoms with E-state index < -0.39 is 0 Å². The topological polar surface area (TPSA) is 51.8 Å². The summed E-state index contributed by atoms with van der Waals surface area (Å²) >= 11 is 0. The van der Waals surface area contributed by atoms with E-state index in [4.69, 9.17) is 19.4 Å². The molecule has 0 fully saturated rings. The molecule has 9 aromatic rings. The lowest BCUT2D eigenvalue weighted by molar-refractivity contribution is 0.670. The number of hydrogen-bond acceptors (Lipinski definition) is 4. The van der Waals surface area contributed by atoms with Gasteiger partial charge in [-0.25, -0.2) is 15.0 Å². The van der Waals surface area contributed by atoms with Gasteiger partial charge in [-0.2, -0.15) is 0 Å². The zero-order chi connectivity index (χ0) is 29.7. The molecule has 0 spiro atoms. The minimum absolute atomic E-state index is 0.604. The van der Waals surface area contributed by atoms with E-state index in [9.17, 15) is 0 Å². The number of aromatic nitrogens is 3. The van der Waals surface area contributed by atoms with E-state index in [0.717, 1.165) is 71.3 Å². The Morgan fingerprint density at radius 1 is 0.378 bits per heavy atom. The molecule has 0 unspecified atom stereocenters. The van der Waals surface area contributed by atoms with Gasteiger partial charge in [0, 0.05) is 33.0 Å². The highest BCUT2D eigenvalue weighted by Gasteiger charge is 2.21. The Labute approximate surface area is 259 Å². The Hall–Kier alpha value is -6.13. The summed E-state index contributed by atoms with van der Waals surface area (Å²) in [5.74, 6) is 1.86. The van der Waals surface area contributed by atoms with Gasteiger partial charge in [0.1, 0.15) is 11.2 Å². The molecule has 7 aromatic carbocycles. The largest absolute Gasteiger partial charge is 0.455 e. The van der Waals surface area contributed by atoms with Crippen molar-refractivity contribution in [2.75, 3.05) is 0 Å². The van der Waals surface area contributed by atoms with Crippen LogP contribution >= 0.6 is 0 Å². The zero-order valence-corrected chi connectivity index (χ0v) is 24.2. The van der Waals surface area contributed by atoms with Crippen LogP contribution < -0.4 is 0 Å². The van der Waals surface area contributed by atoms with Gasteiger partial charge in [-0.3, -0.25) is 0 Å². The molecule has 0 atom stereocenters. The summed E-state index contributed by atoms with van der Waals surface area (Å²) in [4.78, 5) is 15.3. The summed E-state index contributed by atoms with van der Waals surface area (Å²) in [5.41, 5.74) is 6.57. The third-order valence-electron chi connectivity index (χ3n) is 8.51. The molecule has 0 amide bonds. The maximum Gasteiger partial charge on any atom is 0.164 e. The molecule has 0 aliphatic rings. The van der Waals surface area contributed by atoms with Crippen LogP contribution in [0, 0.1) is 0 Å². The van der Waals surface area contributed by atoms with Gasteiger partial charge in [0.15, 0.2) is 17.5 Å². The molecule has 0 saturated heterocycles. The molecule has 0 bridgehead atoms. The first-order valence-electron chi connectivity index (χ1n) is 15.0. The number of fused-ring (bicyclic) bond motifs is 5. The Morgan fingerprint density at radius 3 is 1.73 bits per heavy atom. The second-order valence-corrected chi connectivity index (χ2v) is 11.2. The fourth-order valence-electron chi connectivity index (χ4n) is 6.35. The SMILES string of the molecule is c1ccc(-c2nc(-c3cccc4ccccc34)nc(-c3ccc(-c4ccccc4)c4oc5cc6ccccc6cc5c34)n2)cc1. The highest BCUT2D eigenvalue weighted by Crippen LogP contribution is 2.42. The smallest absolute Gasteiger partial charge is 0.164 e. The molecule has 2 heterocycles. The Morgan fingerprint density at radius 2 is 0.956 bits per heavy atom. The van der Waals surface area contributed by atoms with Crippen LogP contribution in [0.1, 0.15) is 0 Å². The normalized spacial score (nSPS) is 11.6. The van der Waals surface area contributed by atoms with Crippen LogP contribution in [0.5, 0.6) is 0 Å². The Balaban J connectivity index is 1.38. The van der Waals surface area contributed by atoms with Gasteiger partial charge in [0.2, 0.25) is 0 Å². The average molecular weight is 576 g/mol. The van der Waals surface area contributed by atoms with E-state index >= 15 is 0 Å². The van der Waals surface area contributed by atoms with Gasteiger partial charge in [0.25, 0.3) is 0 Å². The first-order valence-corrected chi connectivity index (χ1v) is 15.0. The Bertz CT molecular complexity index is 2530. The van der Waals surface area contributed by atoms with Crippen molar-refractivity contribution in [2.24, 2.45) is 0 Å². The van der Waals surface area contributed by atoms with Crippen molar-refractivity contribution in [1.29, 1.82) is 0 Å². The molecule has 0 saturated carbocycles. The van der Waals surface area contributed by atoms with E-state index in [0.29, 0.717) is 17.5 Å². The number of hydrogen-bond donors (Lipinski definition) is 0. The van der Waals surface area contributed by atoms with Crippen molar-refractivity contribution in [3.05, 3.63) is 152 Å². The van der Waals surface area contributed by atoms with Crippen molar-refractivity contribution in [3.8, 4) is 45.3 Å². The minimum atomic E-state index is 0.604. The lowest BCUT2D eigenvalue weighted by Gasteiger charge is -2.12. The summed E-state index contributed by atoms with van der Waals surface area (Å²) in [5, 5.41) is 6.55. The summed E-state index contributed by atoms with van der Waals surface area (Å²) in [7, 11) is 0. The fourth-order valence-corrected chi connectivity index (χ4v) is 6.35. The monoisotopic (exact) mass is 575 g/mol. The maximum absolute atomic E-state index is 6.72. The molecular weight excluding hydrogens is 550 g/mol. The van der Waals surface area contributed by atoms with Crippen molar-refractivity contribution >= 4 is 43.5 Å². The minimum Gasteiger partial charge on any atom is -0.455 e. The highest BCUT2D eigenvalue weighted by atomic mass is 16.3. The van der Waals surface area contributed by atoms with Gasteiger partial charge >= 0.3 is 0 Å². The predicted octanol–water partition coefficient (Wildman–Crippen LogP) is 10.7. The van der Waals surface area contributed by atoms with Crippen LogP contribution in [-0.4, -0.2) is 15.0 Å². The summed E-state index contributed by atoms with van der Waals surface area (Å²) < 4.78 is 6.72. The maximum atomic E-state index is 6.72. The second kappa shape index (κ2) is 10.2. The zero-order valence-electron chi connectivity index (χ0n) is 24.2. The van der Waals surface area contributed by atoms with Crippen LogP contribution in [0.3, 0.4) is 0 Å². The van der Waals surface area contributed by atoms with Crippen LogP contribution in [-0.2, 0) is 0 Å². The molecule has 0 N–H and O–H groups in total. The molecule has 0 aliphatic heterocycles. The lowest BCUT2D eigenvalue weighted by Crippen LogP contribution is -2.01. The van der Waals surface area contributed by atoms with Crippen LogP contribution in [0.4, 0.5) is 0 Å². The first-order chi connectivity index (χ1) is 22.3. The van der Waals surface area contributed by atoms with E-state index in [1.807, 2.05) is 36.4 Å². The van der Waals surface area contributed by atoms with E-state index in [1.54, 1.807) is 0 Å². The highest BCUT2D eigenvalue weighted by molar-refractivity contribution is 6.18. The summed E-state index contributed by atoms with van der Waals surface area (Å²) in [6.45, 7) is 0. The van der Waals surface area contributed by atoms with Gasteiger partial charge in [-0.1, -0.05) is 127 Å². The molecule has 2 aromatic heterocycles. The number of benzene rings is 7. The lowest BCUT2D eigenvalue weighted by atomic mass is 9.97. The first kappa shape index (κ1) is 25.4. The molecule has 0 radical (unpaired) electrons. The fraction of sp³-hybridized carbons (Fsp3) is 0. The second-order valence-electron chi connectivity index (χ2n) is 11.2. The number of nitrogens with zero attached hydrogens (tertiary/aromatic N) is 3. The standard InChI is InChI=1S/C41H25N3O/c1-3-12-27(13-4-1)32-22-23-34(37-35-24-29-17-7-8-18-30(29)25-36(35)45-38(32)37)41-43-39(28-15-5-2-6-16-28)42-40(44-41)33-21-11-19-26-14-9-10-20-31(26)33/h1-25H. The molecule has 210 valence electrons. The summed E-state index contributed by atoms with van der Waals surface area (Å²) in [6, 6.07) is 52.1. The van der Waals surface area contributed by atoms with Gasteiger partial charge in [-0.05, 0) is 51.4 Å². The van der Waals surface area contributed by atoms with Crippen molar-refractivity contribution in [3.63, 3.8) is 0 Å². The number of rotatable bonds is 4. The van der Waals surface area contributed by atoms with Crippen molar-refractivity contribution in [2.45, 2.75) is 0 Å². The summed E-state index contributed by atoms with van der Waals surface area (Å²) in [6.07, 6.45) is 0. The quantitative estimate of drug-likeness (QED) is 0.209. The van der Waals surface area contributed by atoms with Crippen LogP contribution in [0.15, 0.2) is 156 Å². The van der Waals surface area contributed by atoms with Gasteiger partial charge in [0.05, 0.1) is 0 Å². The Kier molecular flexibility index (Phi) is 5.78. The molecule has 45 heavy (non-hydrogen) atoms. The number of furan rings is 1. The van der Waals surface area contributed by atoms with E-state index in [2.05, 4.69) is 115 Å². The van der Waals surface area contributed by atoms with Crippen molar-refractivity contribution < 1.29 is 4.42 Å². The molecule has 9 rings (SSSR count). The van der Waals surface area contributed by atoms with Gasteiger partial charge in [-0.15, -0.1) is 0 Å². The van der Waals surface area contributed by atoms with Crippen LogP contribution in [0.25, 0.3) is 88.8 Å².